The molecule has 0 fully saturated rings. The highest BCUT2D eigenvalue weighted by Crippen LogP contribution is 2.29. The van der Waals surface area contributed by atoms with E-state index >= 15 is 0 Å². The van der Waals surface area contributed by atoms with Gasteiger partial charge in [-0.25, -0.2) is 0 Å². The highest BCUT2D eigenvalue weighted by Gasteiger charge is 2.17. The number of fused-ring (bicyclic) bond motifs is 1. The Kier molecular flexibility index (Phi) is 2.76. The van der Waals surface area contributed by atoms with Crippen molar-refractivity contribution in [2.75, 3.05) is 0 Å². The van der Waals surface area contributed by atoms with E-state index in [1.807, 2.05) is 0 Å². The Labute approximate surface area is 86.4 Å². The molecule has 1 aromatic heterocycles. The zero-order valence-electron chi connectivity index (χ0n) is 9.00. The predicted octanol–water partition coefficient (Wildman–Crippen LogP) is 3.50. The van der Waals surface area contributed by atoms with E-state index in [0.717, 1.165) is 6.42 Å². The third-order valence-corrected chi connectivity index (χ3v) is 3.28. The van der Waals surface area contributed by atoms with Crippen LogP contribution < -0.4 is 0 Å². The van der Waals surface area contributed by atoms with E-state index in [1.165, 1.54) is 37.2 Å². The largest absolute Gasteiger partial charge is 0.348 e. The summed E-state index contributed by atoms with van der Waals surface area (Å²) in [6.07, 6.45) is 7.18. The van der Waals surface area contributed by atoms with Crippen molar-refractivity contribution in [1.29, 1.82) is 0 Å². The number of aromatic nitrogens is 1. The molecule has 1 unspecified atom stereocenters. The first-order valence-corrected chi connectivity index (χ1v) is 5.67. The van der Waals surface area contributed by atoms with Gasteiger partial charge in [0.2, 0.25) is 0 Å². The minimum atomic E-state index is 0.581. The van der Waals surface area contributed by atoms with Crippen LogP contribution in [0.3, 0.4) is 0 Å². The van der Waals surface area contributed by atoms with Gasteiger partial charge in [0, 0.05) is 23.9 Å². The molecule has 0 bridgehead atoms. The second-order valence-corrected chi connectivity index (χ2v) is 4.09. The maximum atomic E-state index is 3.95. The minimum Gasteiger partial charge on any atom is -0.348 e. The number of allylic oxidation sites excluding steroid dienone is 1. The van der Waals surface area contributed by atoms with Gasteiger partial charge in [-0.3, -0.25) is 0 Å². The Balaban J connectivity index is 2.40. The van der Waals surface area contributed by atoms with Gasteiger partial charge in [-0.15, -0.1) is 6.58 Å². The van der Waals surface area contributed by atoms with Crippen LogP contribution in [-0.4, -0.2) is 4.57 Å². The molecule has 0 spiro atoms. The van der Waals surface area contributed by atoms with Crippen molar-refractivity contribution >= 4 is 0 Å². The molecule has 1 aromatic rings. The van der Waals surface area contributed by atoms with Gasteiger partial charge < -0.3 is 4.57 Å². The van der Waals surface area contributed by atoms with Crippen LogP contribution in [-0.2, 0) is 13.0 Å². The lowest BCUT2D eigenvalue weighted by molar-refractivity contribution is 0.616. The Hall–Kier alpha value is -0.980. The molecule has 0 aliphatic carbocycles. The molecular weight excluding hydrogens is 170 g/mol. The summed E-state index contributed by atoms with van der Waals surface area (Å²) in [5.74, 6) is 0.581. The molecule has 0 saturated heterocycles. The quantitative estimate of drug-likeness (QED) is 0.627. The first-order valence-electron chi connectivity index (χ1n) is 5.67. The van der Waals surface area contributed by atoms with Gasteiger partial charge >= 0.3 is 0 Å². The van der Waals surface area contributed by atoms with Crippen molar-refractivity contribution in [1.82, 2.24) is 4.57 Å². The van der Waals surface area contributed by atoms with Crippen LogP contribution in [0.2, 0.25) is 0 Å². The van der Waals surface area contributed by atoms with Gasteiger partial charge in [-0.05, 0) is 31.4 Å². The van der Waals surface area contributed by atoms with E-state index in [0.29, 0.717) is 5.92 Å². The average molecular weight is 189 g/mol. The minimum absolute atomic E-state index is 0.581. The van der Waals surface area contributed by atoms with Gasteiger partial charge in [0.05, 0.1) is 0 Å². The highest BCUT2D eigenvalue weighted by molar-refractivity contribution is 5.23. The van der Waals surface area contributed by atoms with Crippen LogP contribution >= 0.6 is 0 Å². The normalized spacial score (nSPS) is 21.4. The number of aryl methyl sites for hydroxylation is 1. The third kappa shape index (κ3) is 1.52. The first-order chi connectivity index (χ1) is 6.86. The lowest BCUT2D eigenvalue weighted by Gasteiger charge is -2.13. The van der Waals surface area contributed by atoms with Gasteiger partial charge in [0.1, 0.15) is 0 Å². The molecule has 2 heterocycles. The van der Waals surface area contributed by atoms with E-state index in [-0.39, 0.29) is 0 Å². The van der Waals surface area contributed by atoms with Gasteiger partial charge in [0.25, 0.3) is 0 Å². The molecule has 1 nitrogen and oxygen atoms in total. The molecule has 1 atom stereocenters. The fourth-order valence-electron chi connectivity index (χ4n) is 2.45. The lowest BCUT2D eigenvalue weighted by atomic mass is 10.0. The second kappa shape index (κ2) is 4.04. The maximum Gasteiger partial charge on any atom is 0.0246 e. The fourth-order valence-corrected chi connectivity index (χ4v) is 2.45. The molecule has 1 aliphatic rings. The monoisotopic (exact) mass is 189 g/mol. The van der Waals surface area contributed by atoms with Crippen LogP contribution in [0.4, 0.5) is 0 Å². The number of nitrogens with zero attached hydrogens (tertiary/aromatic N) is 1. The number of rotatable bonds is 2. The summed E-state index contributed by atoms with van der Waals surface area (Å²) in [5.41, 5.74) is 2.96. The molecule has 0 radical (unpaired) electrons. The number of hydrogen-bond donors (Lipinski definition) is 0. The Morgan fingerprint density at radius 1 is 1.50 bits per heavy atom. The summed E-state index contributed by atoms with van der Waals surface area (Å²) < 4.78 is 2.50. The summed E-state index contributed by atoms with van der Waals surface area (Å²) in [4.78, 5) is 0. The zero-order chi connectivity index (χ0) is 9.97. The Morgan fingerprint density at radius 3 is 3.07 bits per heavy atom. The molecule has 0 aromatic carbocycles. The molecule has 1 aliphatic heterocycles. The lowest BCUT2D eigenvalue weighted by Crippen LogP contribution is -2.05. The van der Waals surface area contributed by atoms with Crippen LogP contribution in [0.1, 0.15) is 43.5 Å². The Morgan fingerprint density at radius 2 is 2.36 bits per heavy atom. The molecule has 2 rings (SSSR count). The molecule has 14 heavy (non-hydrogen) atoms. The standard InChI is InChI=1S/C13H19N/c1-3-11-7-5-6-10-14-12(4-2)8-9-13(11)14/h3,8-9,11H,1,4-7,10H2,2H3. The van der Waals surface area contributed by atoms with Gasteiger partial charge in [0.15, 0.2) is 0 Å². The molecular formula is C13H19N. The van der Waals surface area contributed by atoms with Gasteiger partial charge in [-0.1, -0.05) is 19.4 Å². The fraction of sp³-hybridized carbons (Fsp3) is 0.538. The average Bonchev–Trinajstić information content (AvgIpc) is 2.51. The van der Waals surface area contributed by atoms with Crippen molar-refractivity contribution in [3.63, 3.8) is 0 Å². The van der Waals surface area contributed by atoms with Crippen molar-refractivity contribution in [3.05, 3.63) is 36.2 Å². The SMILES string of the molecule is C=CC1CCCCn2c(CC)ccc21. The van der Waals surface area contributed by atoms with Crippen LogP contribution in [0.5, 0.6) is 0 Å². The summed E-state index contributed by atoms with van der Waals surface area (Å²) in [6.45, 7) is 7.38. The third-order valence-electron chi connectivity index (χ3n) is 3.28. The highest BCUT2D eigenvalue weighted by atomic mass is 15.0. The summed E-state index contributed by atoms with van der Waals surface area (Å²) in [7, 11) is 0. The van der Waals surface area contributed by atoms with Crippen molar-refractivity contribution < 1.29 is 0 Å². The van der Waals surface area contributed by atoms with Crippen LogP contribution in [0, 0.1) is 0 Å². The summed E-state index contributed by atoms with van der Waals surface area (Å²) in [6, 6.07) is 4.56. The Bertz CT molecular complexity index is 322. The predicted molar refractivity (Wildman–Crippen MR) is 60.6 cm³/mol. The molecule has 0 amide bonds. The van der Waals surface area contributed by atoms with E-state index in [4.69, 9.17) is 0 Å². The number of hydrogen-bond acceptors (Lipinski definition) is 0. The summed E-state index contributed by atoms with van der Waals surface area (Å²) >= 11 is 0. The molecule has 0 saturated carbocycles. The summed E-state index contributed by atoms with van der Waals surface area (Å²) in [5, 5.41) is 0. The van der Waals surface area contributed by atoms with Crippen LogP contribution in [0.15, 0.2) is 24.8 Å². The second-order valence-electron chi connectivity index (χ2n) is 4.09. The molecule has 76 valence electrons. The zero-order valence-corrected chi connectivity index (χ0v) is 9.00. The van der Waals surface area contributed by atoms with E-state index in [2.05, 4.69) is 36.3 Å². The van der Waals surface area contributed by atoms with Crippen molar-refractivity contribution in [2.45, 2.75) is 45.1 Å². The van der Waals surface area contributed by atoms with Gasteiger partial charge in [-0.2, -0.15) is 0 Å². The smallest absolute Gasteiger partial charge is 0.0246 e. The van der Waals surface area contributed by atoms with Crippen molar-refractivity contribution in [3.8, 4) is 0 Å². The van der Waals surface area contributed by atoms with Crippen LogP contribution in [0.25, 0.3) is 0 Å². The maximum absolute atomic E-state index is 3.95. The first kappa shape index (κ1) is 9.57. The van der Waals surface area contributed by atoms with Crippen molar-refractivity contribution in [2.24, 2.45) is 0 Å². The van der Waals surface area contributed by atoms with E-state index in [9.17, 15) is 0 Å². The molecule has 1 heteroatoms. The van der Waals surface area contributed by atoms with E-state index < -0.39 is 0 Å². The topological polar surface area (TPSA) is 4.93 Å². The van der Waals surface area contributed by atoms with E-state index in [1.54, 1.807) is 0 Å². The molecule has 0 N–H and O–H groups in total.